The quantitative estimate of drug-likeness (QED) is 0.433. The molecule has 36 heavy (non-hydrogen) atoms. The maximum atomic E-state index is 13.4. The van der Waals surface area contributed by atoms with E-state index in [0.717, 1.165) is 41.0 Å². The smallest absolute Gasteiger partial charge is 0.407 e. The molecule has 1 aromatic carbocycles. The number of thiophene rings is 1. The third-order valence-corrected chi connectivity index (χ3v) is 8.16. The van der Waals surface area contributed by atoms with Crippen molar-refractivity contribution in [3.05, 3.63) is 57.1 Å². The van der Waals surface area contributed by atoms with Gasteiger partial charge in [0, 0.05) is 31.1 Å². The van der Waals surface area contributed by atoms with Gasteiger partial charge in [0.15, 0.2) is 5.65 Å². The van der Waals surface area contributed by atoms with Crippen molar-refractivity contribution >= 4 is 33.3 Å². The van der Waals surface area contributed by atoms with E-state index in [1.54, 1.807) is 23.0 Å². The SMILES string of the molecule is COc1ccc(Cn2c(=O)n3ncnc3c3c4c(sc32)CN(CC2CN(C(=O)O)CCO2)CC4)cc1. The molecule has 4 aromatic rings. The van der Waals surface area contributed by atoms with E-state index in [9.17, 15) is 14.7 Å². The predicted molar refractivity (Wildman–Crippen MR) is 133 cm³/mol. The maximum Gasteiger partial charge on any atom is 0.407 e. The molecule has 12 heteroatoms. The van der Waals surface area contributed by atoms with Crippen LogP contribution in [-0.4, -0.2) is 86.2 Å². The molecule has 5 heterocycles. The number of methoxy groups -OCH3 is 1. The van der Waals surface area contributed by atoms with Gasteiger partial charge in [-0.05, 0) is 29.7 Å². The highest BCUT2D eigenvalue weighted by atomic mass is 32.1. The van der Waals surface area contributed by atoms with Gasteiger partial charge < -0.3 is 19.5 Å². The van der Waals surface area contributed by atoms with Crippen molar-refractivity contribution in [2.24, 2.45) is 0 Å². The van der Waals surface area contributed by atoms with Crippen LogP contribution in [0.3, 0.4) is 0 Å². The number of rotatable bonds is 5. The lowest BCUT2D eigenvalue weighted by Gasteiger charge is -2.35. The molecule has 188 valence electrons. The zero-order valence-electron chi connectivity index (χ0n) is 19.8. The first-order valence-electron chi connectivity index (χ1n) is 11.8. The minimum Gasteiger partial charge on any atom is -0.497 e. The minimum atomic E-state index is -0.902. The van der Waals surface area contributed by atoms with Gasteiger partial charge in [-0.3, -0.25) is 9.47 Å². The lowest BCUT2D eigenvalue weighted by molar-refractivity contribution is -0.0382. The Labute approximate surface area is 210 Å². The second kappa shape index (κ2) is 9.19. The number of carbonyl (C=O) groups is 1. The first-order chi connectivity index (χ1) is 17.5. The molecule has 0 radical (unpaired) electrons. The Bertz CT molecular complexity index is 1490. The first kappa shape index (κ1) is 23.0. The van der Waals surface area contributed by atoms with Crippen molar-refractivity contribution in [1.82, 2.24) is 29.0 Å². The highest BCUT2D eigenvalue weighted by Gasteiger charge is 2.30. The summed E-state index contributed by atoms with van der Waals surface area (Å²) in [5.74, 6) is 0.767. The van der Waals surface area contributed by atoms with E-state index in [2.05, 4.69) is 15.0 Å². The molecule has 3 aromatic heterocycles. The monoisotopic (exact) mass is 510 g/mol. The van der Waals surface area contributed by atoms with Gasteiger partial charge in [-0.1, -0.05) is 12.1 Å². The number of hydrogen-bond acceptors (Lipinski definition) is 8. The maximum absolute atomic E-state index is 13.4. The average Bonchev–Trinajstić information content (AvgIpc) is 3.52. The molecule has 0 saturated carbocycles. The van der Waals surface area contributed by atoms with Gasteiger partial charge in [-0.25, -0.2) is 14.6 Å². The third-order valence-electron chi connectivity index (χ3n) is 6.92. The Kier molecular flexibility index (Phi) is 5.86. The van der Waals surface area contributed by atoms with E-state index in [0.29, 0.717) is 38.4 Å². The average molecular weight is 511 g/mol. The fourth-order valence-corrected chi connectivity index (χ4v) is 6.49. The van der Waals surface area contributed by atoms with E-state index in [1.807, 2.05) is 24.3 Å². The number of aromatic nitrogens is 4. The Balaban J connectivity index is 1.33. The molecule has 1 N–H and O–H groups in total. The minimum absolute atomic E-state index is 0.151. The fraction of sp³-hybridized carbons (Fsp3) is 0.417. The van der Waals surface area contributed by atoms with Crippen molar-refractivity contribution in [2.45, 2.75) is 25.6 Å². The molecular formula is C24H26N6O5S. The van der Waals surface area contributed by atoms with Crippen LogP contribution in [0.15, 0.2) is 35.4 Å². The van der Waals surface area contributed by atoms with Crippen LogP contribution in [0, 0.1) is 0 Å². The van der Waals surface area contributed by atoms with Crippen molar-refractivity contribution in [1.29, 1.82) is 0 Å². The fourth-order valence-electron chi connectivity index (χ4n) is 5.12. The zero-order valence-corrected chi connectivity index (χ0v) is 20.6. The zero-order chi connectivity index (χ0) is 24.8. The number of nitrogens with zero attached hydrogens (tertiary/aromatic N) is 6. The summed E-state index contributed by atoms with van der Waals surface area (Å²) in [4.78, 5) is 35.0. The van der Waals surface area contributed by atoms with Crippen molar-refractivity contribution in [3.63, 3.8) is 0 Å². The highest BCUT2D eigenvalue weighted by molar-refractivity contribution is 7.19. The van der Waals surface area contributed by atoms with Crippen LogP contribution in [0.25, 0.3) is 15.9 Å². The van der Waals surface area contributed by atoms with Crippen LogP contribution in [0.5, 0.6) is 5.75 Å². The summed E-state index contributed by atoms with van der Waals surface area (Å²) in [7, 11) is 1.63. The molecule has 1 saturated heterocycles. The number of carboxylic acid groups (broad SMARTS) is 1. The standard InChI is InChI=1S/C24H26N6O5S/c1-34-16-4-2-15(3-5-16)10-29-22-20(21-25-14-26-30(21)23(29)31)18-6-7-27(13-19(18)36-22)11-17-12-28(24(32)33)8-9-35-17/h2-5,14,17H,6-13H2,1H3,(H,32,33). The van der Waals surface area contributed by atoms with Gasteiger partial charge in [0.25, 0.3) is 0 Å². The summed E-state index contributed by atoms with van der Waals surface area (Å²) in [6.07, 6.45) is 1.19. The molecule has 11 nitrogen and oxygen atoms in total. The van der Waals surface area contributed by atoms with Crippen molar-refractivity contribution in [2.75, 3.05) is 39.9 Å². The van der Waals surface area contributed by atoms with Crippen LogP contribution >= 0.6 is 11.3 Å². The van der Waals surface area contributed by atoms with Crippen LogP contribution in [0.1, 0.15) is 16.0 Å². The summed E-state index contributed by atoms with van der Waals surface area (Å²) in [5, 5.41) is 14.5. The highest BCUT2D eigenvalue weighted by Crippen LogP contribution is 2.36. The lowest BCUT2D eigenvalue weighted by atomic mass is 10.0. The normalized spacial score (nSPS) is 18.6. The van der Waals surface area contributed by atoms with E-state index < -0.39 is 6.09 Å². The Morgan fingerprint density at radius 3 is 2.89 bits per heavy atom. The summed E-state index contributed by atoms with van der Waals surface area (Å²) in [6, 6.07) is 7.70. The summed E-state index contributed by atoms with van der Waals surface area (Å²) < 4.78 is 14.3. The van der Waals surface area contributed by atoms with Crippen molar-refractivity contribution < 1.29 is 19.4 Å². The molecule has 1 atom stereocenters. The Hall–Kier alpha value is -3.48. The molecule has 1 unspecified atom stereocenters. The second-order valence-electron chi connectivity index (χ2n) is 9.10. The molecule has 1 fully saturated rings. The van der Waals surface area contributed by atoms with Gasteiger partial charge in [-0.2, -0.15) is 9.61 Å². The summed E-state index contributed by atoms with van der Waals surface area (Å²) >= 11 is 1.63. The van der Waals surface area contributed by atoms with E-state index in [-0.39, 0.29) is 11.8 Å². The van der Waals surface area contributed by atoms with Gasteiger partial charge in [-0.15, -0.1) is 11.3 Å². The summed E-state index contributed by atoms with van der Waals surface area (Å²) in [5.41, 5.74) is 2.58. The Morgan fingerprint density at radius 2 is 2.11 bits per heavy atom. The van der Waals surface area contributed by atoms with E-state index in [4.69, 9.17) is 9.47 Å². The van der Waals surface area contributed by atoms with Gasteiger partial charge in [0.1, 0.15) is 16.9 Å². The number of benzene rings is 1. The van der Waals surface area contributed by atoms with Crippen LogP contribution in [-0.2, 0) is 24.2 Å². The largest absolute Gasteiger partial charge is 0.497 e. The van der Waals surface area contributed by atoms with E-state index in [1.165, 1.54) is 26.2 Å². The molecule has 2 aliphatic heterocycles. The van der Waals surface area contributed by atoms with Gasteiger partial charge >= 0.3 is 11.8 Å². The number of morpholine rings is 1. The molecule has 2 aliphatic rings. The molecule has 0 spiro atoms. The summed E-state index contributed by atoms with van der Waals surface area (Å²) in [6.45, 7) is 3.83. The molecular weight excluding hydrogens is 484 g/mol. The lowest BCUT2D eigenvalue weighted by Crippen LogP contribution is -2.49. The molecule has 6 rings (SSSR count). The van der Waals surface area contributed by atoms with Crippen molar-refractivity contribution in [3.8, 4) is 5.75 Å². The predicted octanol–water partition coefficient (Wildman–Crippen LogP) is 1.90. The van der Waals surface area contributed by atoms with Crippen LogP contribution in [0.2, 0.25) is 0 Å². The number of hydrogen-bond donors (Lipinski definition) is 1. The Morgan fingerprint density at radius 1 is 1.28 bits per heavy atom. The van der Waals surface area contributed by atoms with Crippen LogP contribution < -0.4 is 10.4 Å². The first-order valence-corrected chi connectivity index (χ1v) is 12.6. The van der Waals surface area contributed by atoms with Crippen LogP contribution in [0.4, 0.5) is 4.79 Å². The molecule has 1 amide bonds. The number of fused-ring (bicyclic) bond motifs is 5. The van der Waals surface area contributed by atoms with Gasteiger partial charge in [0.05, 0.1) is 38.3 Å². The molecule has 0 aliphatic carbocycles. The molecule has 0 bridgehead atoms. The van der Waals surface area contributed by atoms with E-state index >= 15 is 0 Å². The second-order valence-corrected chi connectivity index (χ2v) is 10.2. The van der Waals surface area contributed by atoms with Gasteiger partial charge in [0.2, 0.25) is 0 Å². The number of ether oxygens (including phenoxy) is 2. The topological polar surface area (TPSA) is 114 Å². The number of amides is 1. The third kappa shape index (κ3) is 4.00.